The average molecular weight is 79.9 g/mol. The molecule has 0 aliphatic rings. The van der Waals surface area contributed by atoms with E-state index < -0.39 is 5.97 Å². The smallest absolute Gasteiger partial charge is 0.503 e. The summed E-state index contributed by atoms with van der Waals surface area (Å²) in [7, 11) is 0. The van der Waals surface area contributed by atoms with Crippen LogP contribution in [0.3, 0.4) is 0 Å². The Morgan fingerprint density at radius 3 is 1.43 bits per heavy atom. The van der Waals surface area contributed by atoms with Gasteiger partial charge in [0.2, 0.25) is 0 Å². The van der Waals surface area contributed by atoms with Gasteiger partial charge in [-0.1, -0.05) is 0 Å². The molecule has 0 aliphatic heterocycles. The minimum absolute atomic E-state index is 0. The van der Waals surface area contributed by atoms with E-state index in [1.54, 1.807) is 0 Å². The maximum absolute atomic E-state index is 8.89. The van der Waals surface area contributed by atoms with Crippen LogP contribution in [0.2, 0.25) is 0 Å². The van der Waals surface area contributed by atoms with Gasteiger partial charge in [0, 0.05) is 18.9 Å². The van der Waals surface area contributed by atoms with Gasteiger partial charge in [-0.3, -0.25) is 11.7 Å². The van der Waals surface area contributed by atoms with Crippen LogP contribution in [0, 0.1) is 6.92 Å². The summed E-state index contributed by atoms with van der Waals surface area (Å²) in [6.07, 6.45) is 0. The molecule has 0 aromatic rings. The van der Waals surface area contributed by atoms with Crippen LogP contribution >= 0.6 is 0 Å². The third-order valence-electron chi connectivity index (χ3n) is 0. The summed E-state index contributed by atoms with van der Waals surface area (Å²) in [6.45, 7) is 2.56. The summed E-state index contributed by atoms with van der Waals surface area (Å²) in [5.41, 5.74) is 0. The molecular weight excluding hydrogens is 76.8 g/mol. The first-order valence-corrected chi connectivity index (χ1v) is 0.781. The zero-order chi connectivity index (χ0) is 3.58. The SMILES string of the molecule is [CH2-]C(=O)O.[Li+].[Li+].[Li]. The standard InChI is InChI=1S/C2H3O2.3Li/c1-2(3)4;;;/h1H2,(H,3,4);;;/q-1;;2*+1. The number of aliphatic carboxylic acids is 1. The van der Waals surface area contributed by atoms with E-state index in [1.807, 2.05) is 0 Å². The van der Waals surface area contributed by atoms with Crippen LogP contribution in [-0.2, 0) is 4.79 Å². The Morgan fingerprint density at radius 1 is 1.43 bits per heavy atom. The molecule has 0 bridgehead atoms. The fourth-order valence-corrected chi connectivity index (χ4v) is 0. The molecule has 1 N–H and O–H groups in total. The van der Waals surface area contributed by atoms with Crippen molar-refractivity contribution in [1.82, 2.24) is 0 Å². The third-order valence-corrected chi connectivity index (χ3v) is 0. The fourth-order valence-electron chi connectivity index (χ4n) is 0. The van der Waals surface area contributed by atoms with E-state index in [-0.39, 0.29) is 56.6 Å². The van der Waals surface area contributed by atoms with Crippen LogP contribution in [0.1, 0.15) is 0 Å². The molecule has 0 spiro atoms. The van der Waals surface area contributed by atoms with Gasteiger partial charge in [-0.2, -0.15) is 0 Å². The van der Waals surface area contributed by atoms with E-state index in [0.717, 1.165) is 0 Å². The molecule has 25 valence electrons. The normalized spacial score (nSPS) is 3.43. The molecule has 7 heavy (non-hydrogen) atoms. The molecule has 0 unspecified atom stereocenters. The van der Waals surface area contributed by atoms with Crippen molar-refractivity contribution < 1.29 is 47.6 Å². The summed E-state index contributed by atoms with van der Waals surface area (Å²) >= 11 is 0. The number of carbonyl (C=O) groups is 1. The summed E-state index contributed by atoms with van der Waals surface area (Å²) in [5.74, 6) is -1.08. The Bertz CT molecular complexity index is 33.9. The van der Waals surface area contributed by atoms with E-state index in [4.69, 9.17) is 9.90 Å². The Hall–Kier alpha value is 1.13. The fraction of sp³-hybridized carbons (Fsp3) is 0. The molecule has 0 amide bonds. The molecule has 0 saturated heterocycles. The third kappa shape index (κ3) is 147. The van der Waals surface area contributed by atoms with Crippen molar-refractivity contribution in [3.05, 3.63) is 6.92 Å². The minimum atomic E-state index is -1.08. The second-order valence-corrected chi connectivity index (χ2v) is 0.394. The Kier molecular flexibility index (Phi) is 54.4. The molecule has 0 aromatic carbocycles. The predicted octanol–water partition coefficient (Wildman–Crippen LogP) is -6.47. The zero-order valence-corrected chi connectivity index (χ0v) is 5.06. The number of hydrogen-bond acceptors (Lipinski definition) is 1. The quantitative estimate of drug-likeness (QED) is 0.232. The first-order valence-electron chi connectivity index (χ1n) is 0.781. The number of carboxylic acids is 1. The van der Waals surface area contributed by atoms with Gasteiger partial charge in [0.05, 0.1) is 0 Å². The van der Waals surface area contributed by atoms with E-state index >= 15 is 0 Å². The van der Waals surface area contributed by atoms with Crippen molar-refractivity contribution in [2.45, 2.75) is 0 Å². The maximum atomic E-state index is 8.89. The average Bonchev–Trinajstić information content (AvgIpc) is 0.811. The Labute approximate surface area is 79.0 Å². The minimum Gasteiger partial charge on any atom is -0.503 e. The summed E-state index contributed by atoms with van der Waals surface area (Å²) in [5, 5.41) is 7.31. The van der Waals surface area contributed by atoms with Gasteiger partial charge in [0.1, 0.15) is 0 Å². The van der Waals surface area contributed by atoms with Crippen molar-refractivity contribution >= 4 is 24.8 Å². The zero-order valence-electron chi connectivity index (χ0n) is 5.06. The van der Waals surface area contributed by atoms with Gasteiger partial charge < -0.3 is 5.11 Å². The molecule has 0 fully saturated rings. The molecule has 0 saturated carbocycles. The second-order valence-electron chi connectivity index (χ2n) is 0.394. The van der Waals surface area contributed by atoms with Crippen LogP contribution in [0.15, 0.2) is 0 Å². The Morgan fingerprint density at radius 2 is 1.43 bits per heavy atom. The summed E-state index contributed by atoms with van der Waals surface area (Å²) < 4.78 is 0. The first kappa shape index (κ1) is 24.2. The summed E-state index contributed by atoms with van der Waals surface area (Å²) in [4.78, 5) is 8.89. The van der Waals surface area contributed by atoms with Crippen LogP contribution in [0.5, 0.6) is 0 Å². The number of hydrogen-bond donors (Lipinski definition) is 1. The van der Waals surface area contributed by atoms with Crippen LogP contribution < -0.4 is 37.7 Å². The van der Waals surface area contributed by atoms with Crippen LogP contribution in [0.25, 0.3) is 0 Å². The van der Waals surface area contributed by atoms with Gasteiger partial charge in [0.25, 0.3) is 0 Å². The molecular formula is C2H3Li3O2+. The predicted molar refractivity (Wildman–Crippen MR) is 18.7 cm³/mol. The van der Waals surface area contributed by atoms with Crippen molar-refractivity contribution in [1.29, 1.82) is 0 Å². The first-order chi connectivity index (χ1) is 1.73. The van der Waals surface area contributed by atoms with Crippen molar-refractivity contribution in [3.8, 4) is 0 Å². The molecule has 0 rings (SSSR count). The topological polar surface area (TPSA) is 37.3 Å². The van der Waals surface area contributed by atoms with Gasteiger partial charge >= 0.3 is 37.7 Å². The largest absolute Gasteiger partial charge is 1.00 e. The van der Waals surface area contributed by atoms with E-state index in [9.17, 15) is 0 Å². The second kappa shape index (κ2) is 15.7. The molecule has 0 aliphatic carbocycles. The molecule has 0 aromatic heterocycles. The molecule has 1 radical (unpaired) electrons. The van der Waals surface area contributed by atoms with Crippen molar-refractivity contribution in [2.75, 3.05) is 0 Å². The van der Waals surface area contributed by atoms with Gasteiger partial charge in [-0.25, -0.2) is 0 Å². The van der Waals surface area contributed by atoms with E-state index in [2.05, 4.69) is 6.92 Å². The molecule has 0 atom stereocenters. The van der Waals surface area contributed by atoms with E-state index in [0.29, 0.717) is 0 Å². The van der Waals surface area contributed by atoms with Gasteiger partial charge in [-0.05, 0) is 0 Å². The van der Waals surface area contributed by atoms with Crippen LogP contribution in [0.4, 0.5) is 0 Å². The van der Waals surface area contributed by atoms with Crippen molar-refractivity contribution in [2.24, 2.45) is 0 Å². The van der Waals surface area contributed by atoms with Crippen LogP contribution in [-0.4, -0.2) is 29.9 Å². The van der Waals surface area contributed by atoms with Crippen molar-refractivity contribution in [3.63, 3.8) is 0 Å². The summed E-state index contributed by atoms with van der Waals surface area (Å²) in [6, 6.07) is 0. The van der Waals surface area contributed by atoms with Gasteiger partial charge in [0.15, 0.2) is 5.97 Å². The maximum Gasteiger partial charge on any atom is 1.00 e. The molecule has 0 heterocycles. The van der Waals surface area contributed by atoms with E-state index in [1.165, 1.54) is 0 Å². The van der Waals surface area contributed by atoms with Gasteiger partial charge in [-0.15, -0.1) is 0 Å². The monoisotopic (exact) mass is 80.1 g/mol. The molecule has 2 nitrogen and oxygen atoms in total. The Balaban J connectivity index is -0.0000000150. The number of rotatable bonds is 0. The number of carboxylic acid groups (broad SMARTS) is 1. The molecule has 5 heteroatoms.